The summed E-state index contributed by atoms with van der Waals surface area (Å²) in [7, 11) is 6.00. The number of benzene rings is 3. The molecule has 3 heteroatoms. The van der Waals surface area contributed by atoms with E-state index in [0.717, 1.165) is 27.0 Å². The van der Waals surface area contributed by atoms with Gasteiger partial charge in [0.25, 0.3) is 0 Å². The molecular weight excluding hydrogens is 321 g/mol. The Labute approximate surface area is 134 Å². The van der Waals surface area contributed by atoms with Crippen LogP contribution in [0.5, 0.6) is 0 Å². The van der Waals surface area contributed by atoms with Crippen molar-refractivity contribution in [2.75, 3.05) is 4.90 Å². The van der Waals surface area contributed by atoms with Crippen molar-refractivity contribution < 1.29 is 0 Å². The van der Waals surface area contributed by atoms with Crippen molar-refractivity contribution in [1.82, 2.24) is 0 Å². The van der Waals surface area contributed by atoms with Crippen LogP contribution in [0.4, 0.5) is 17.1 Å². The Balaban J connectivity index is 2.17. The van der Waals surface area contributed by atoms with E-state index in [1.807, 2.05) is 48.5 Å². The van der Waals surface area contributed by atoms with Crippen LogP contribution < -0.4 is 10.4 Å². The average molecular weight is 334 g/mol. The Morgan fingerprint density at radius 1 is 0.667 bits per heavy atom. The number of halogens is 1. The number of anilines is 3. The standard InChI is InChI=1S/C18H13BBrN/c19-14-11-15(20)13-18(12-14)21(16-7-3-1-4-8-16)17-9-5-2-6-10-17/h1-13H. The molecule has 21 heavy (non-hydrogen) atoms. The smallest absolute Gasteiger partial charge is 0.113 e. The van der Waals surface area contributed by atoms with Gasteiger partial charge < -0.3 is 4.90 Å². The van der Waals surface area contributed by atoms with E-state index < -0.39 is 0 Å². The summed E-state index contributed by atoms with van der Waals surface area (Å²) < 4.78 is 0.967. The number of rotatable bonds is 3. The summed E-state index contributed by atoms with van der Waals surface area (Å²) in [6.45, 7) is 0. The minimum atomic E-state index is 0.733. The molecule has 0 atom stereocenters. The maximum atomic E-state index is 6.00. The van der Waals surface area contributed by atoms with Crippen molar-refractivity contribution in [3.63, 3.8) is 0 Å². The number of hydrogen-bond acceptors (Lipinski definition) is 1. The normalized spacial score (nSPS) is 10.3. The minimum Gasteiger partial charge on any atom is -0.310 e. The first-order chi connectivity index (χ1) is 10.2. The molecule has 0 bridgehead atoms. The van der Waals surface area contributed by atoms with E-state index in [0.29, 0.717) is 0 Å². The van der Waals surface area contributed by atoms with Crippen LogP contribution in [0.3, 0.4) is 0 Å². The molecule has 0 N–H and O–H groups in total. The lowest BCUT2D eigenvalue weighted by Crippen LogP contribution is -2.13. The average Bonchev–Trinajstić information content (AvgIpc) is 2.49. The van der Waals surface area contributed by atoms with Crippen molar-refractivity contribution >= 4 is 46.3 Å². The molecule has 2 radical (unpaired) electrons. The van der Waals surface area contributed by atoms with Crippen LogP contribution in [0.1, 0.15) is 0 Å². The van der Waals surface area contributed by atoms with Gasteiger partial charge in [-0.15, -0.1) is 0 Å². The third-order valence-corrected chi connectivity index (χ3v) is 3.65. The minimum absolute atomic E-state index is 0.733. The van der Waals surface area contributed by atoms with Crippen LogP contribution in [0.25, 0.3) is 0 Å². The van der Waals surface area contributed by atoms with Crippen LogP contribution in [0, 0.1) is 0 Å². The number of nitrogens with zero attached hydrogens (tertiary/aromatic N) is 1. The van der Waals surface area contributed by atoms with E-state index in [4.69, 9.17) is 7.85 Å². The quantitative estimate of drug-likeness (QED) is 0.627. The first-order valence-electron chi connectivity index (χ1n) is 6.70. The lowest BCUT2D eigenvalue weighted by molar-refractivity contribution is 1.28. The fraction of sp³-hybridized carbons (Fsp3) is 0. The molecular formula is C18H13BBrN. The topological polar surface area (TPSA) is 3.24 Å². The Hall–Kier alpha value is -2.00. The lowest BCUT2D eigenvalue weighted by Gasteiger charge is -2.26. The summed E-state index contributed by atoms with van der Waals surface area (Å²) in [5, 5.41) is 0. The van der Waals surface area contributed by atoms with Crippen LogP contribution in [-0.4, -0.2) is 7.85 Å². The second kappa shape index (κ2) is 6.19. The molecule has 0 saturated carbocycles. The van der Waals surface area contributed by atoms with Crippen LogP contribution in [0.15, 0.2) is 83.3 Å². The van der Waals surface area contributed by atoms with Crippen LogP contribution in [-0.2, 0) is 0 Å². The largest absolute Gasteiger partial charge is 0.310 e. The first kappa shape index (κ1) is 14.0. The fourth-order valence-corrected chi connectivity index (χ4v) is 2.83. The summed E-state index contributed by atoms with van der Waals surface area (Å²) >= 11 is 3.52. The highest BCUT2D eigenvalue weighted by molar-refractivity contribution is 9.10. The van der Waals surface area contributed by atoms with Crippen molar-refractivity contribution in [1.29, 1.82) is 0 Å². The third kappa shape index (κ3) is 3.19. The fourth-order valence-electron chi connectivity index (χ4n) is 2.33. The monoisotopic (exact) mass is 333 g/mol. The van der Waals surface area contributed by atoms with Crippen molar-refractivity contribution in [2.24, 2.45) is 0 Å². The summed E-state index contributed by atoms with van der Waals surface area (Å²) in [4.78, 5) is 2.18. The van der Waals surface area contributed by atoms with Crippen LogP contribution in [0.2, 0.25) is 0 Å². The predicted octanol–water partition coefficient (Wildman–Crippen LogP) is 4.71. The maximum Gasteiger partial charge on any atom is 0.113 e. The molecule has 0 aliphatic heterocycles. The predicted molar refractivity (Wildman–Crippen MR) is 94.2 cm³/mol. The van der Waals surface area contributed by atoms with Crippen LogP contribution >= 0.6 is 15.9 Å². The lowest BCUT2D eigenvalue weighted by atomic mass is 9.95. The first-order valence-corrected chi connectivity index (χ1v) is 7.49. The molecule has 3 aromatic rings. The van der Waals surface area contributed by atoms with E-state index in [1.165, 1.54) is 0 Å². The van der Waals surface area contributed by atoms with Crippen molar-refractivity contribution in [3.8, 4) is 0 Å². The molecule has 3 rings (SSSR count). The molecule has 0 heterocycles. The Kier molecular flexibility index (Phi) is 4.12. The molecule has 3 aromatic carbocycles. The van der Waals surface area contributed by atoms with E-state index in [9.17, 15) is 0 Å². The highest BCUT2D eigenvalue weighted by atomic mass is 79.9. The van der Waals surface area contributed by atoms with Gasteiger partial charge in [0, 0.05) is 21.5 Å². The van der Waals surface area contributed by atoms with Gasteiger partial charge in [-0.25, -0.2) is 0 Å². The maximum absolute atomic E-state index is 6.00. The van der Waals surface area contributed by atoms with Gasteiger partial charge in [0.1, 0.15) is 7.85 Å². The zero-order chi connectivity index (χ0) is 14.7. The second-order valence-corrected chi connectivity index (χ2v) is 5.66. The van der Waals surface area contributed by atoms with Crippen molar-refractivity contribution in [2.45, 2.75) is 0 Å². The second-order valence-electron chi connectivity index (χ2n) is 4.75. The van der Waals surface area contributed by atoms with Gasteiger partial charge in [0.05, 0.1) is 0 Å². The Bertz CT molecular complexity index is 669. The third-order valence-electron chi connectivity index (χ3n) is 3.19. The van der Waals surface area contributed by atoms with Gasteiger partial charge in [0.2, 0.25) is 0 Å². The molecule has 100 valence electrons. The molecule has 1 nitrogen and oxygen atoms in total. The van der Waals surface area contributed by atoms with Gasteiger partial charge in [-0.2, -0.15) is 0 Å². The highest BCUT2D eigenvalue weighted by Gasteiger charge is 2.12. The molecule has 0 fully saturated rings. The molecule has 0 spiro atoms. The molecule has 0 unspecified atom stereocenters. The Morgan fingerprint density at radius 2 is 1.19 bits per heavy atom. The molecule has 0 aliphatic carbocycles. The van der Waals surface area contributed by atoms with E-state index in [1.54, 1.807) is 0 Å². The summed E-state index contributed by atoms with van der Waals surface area (Å²) in [5.41, 5.74) is 3.96. The molecule has 0 aromatic heterocycles. The van der Waals surface area contributed by atoms with Gasteiger partial charge in [-0.1, -0.05) is 63.9 Å². The molecule has 0 aliphatic rings. The van der Waals surface area contributed by atoms with Gasteiger partial charge in [-0.05, 0) is 36.4 Å². The van der Waals surface area contributed by atoms with Gasteiger partial charge >= 0.3 is 0 Å². The Morgan fingerprint density at radius 3 is 1.67 bits per heavy atom. The number of para-hydroxylation sites is 2. The molecule has 0 amide bonds. The number of hydrogen-bond donors (Lipinski definition) is 0. The summed E-state index contributed by atoms with van der Waals surface area (Å²) in [5.74, 6) is 0. The SMILES string of the molecule is [B]c1cc(Br)cc(N(c2ccccc2)c2ccccc2)c1. The van der Waals surface area contributed by atoms with E-state index in [2.05, 4.69) is 51.2 Å². The zero-order valence-electron chi connectivity index (χ0n) is 11.4. The van der Waals surface area contributed by atoms with Crippen molar-refractivity contribution in [3.05, 3.63) is 83.3 Å². The molecule has 0 saturated heterocycles. The van der Waals surface area contributed by atoms with Gasteiger partial charge in [0.15, 0.2) is 0 Å². The van der Waals surface area contributed by atoms with E-state index in [-0.39, 0.29) is 0 Å². The van der Waals surface area contributed by atoms with E-state index >= 15 is 0 Å². The van der Waals surface area contributed by atoms with Gasteiger partial charge in [-0.3, -0.25) is 0 Å². The summed E-state index contributed by atoms with van der Waals surface area (Å²) in [6, 6.07) is 26.5. The zero-order valence-corrected chi connectivity index (χ0v) is 13.0. The summed E-state index contributed by atoms with van der Waals surface area (Å²) in [6.07, 6.45) is 0. The highest BCUT2D eigenvalue weighted by Crippen LogP contribution is 2.34.